The van der Waals surface area contributed by atoms with Gasteiger partial charge in [-0.25, -0.2) is 0 Å². The molecule has 1 fully saturated rings. The quantitative estimate of drug-likeness (QED) is 0.794. The highest BCUT2D eigenvalue weighted by Crippen LogP contribution is 2.32. The Labute approximate surface area is 89.5 Å². The van der Waals surface area contributed by atoms with E-state index in [0.29, 0.717) is 12.8 Å². The van der Waals surface area contributed by atoms with Crippen molar-refractivity contribution in [3.05, 3.63) is 18.0 Å². The van der Waals surface area contributed by atoms with E-state index in [2.05, 4.69) is 5.10 Å². The summed E-state index contributed by atoms with van der Waals surface area (Å²) >= 11 is 0. The van der Waals surface area contributed by atoms with E-state index >= 15 is 0 Å². The van der Waals surface area contributed by atoms with Crippen molar-refractivity contribution in [2.24, 2.45) is 12.8 Å². The number of hydrogen-bond donors (Lipinski definition) is 1. The van der Waals surface area contributed by atoms with E-state index in [9.17, 15) is 4.79 Å². The van der Waals surface area contributed by atoms with Crippen molar-refractivity contribution in [3.63, 3.8) is 0 Å². The van der Waals surface area contributed by atoms with E-state index in [1.54, 1.807) is 10.9 Å². The lowest BCUT2D eigenvalue weighted by atomic mass is 9.74. The monoisotopic (exact) mass is 207 g/mol. The summed E-state index contributed by atoms with van der Waals surface area (Å²) in [6.45, 7) is 0. The molecule has 1 aromatic rings. The second-order valence-electron chi connectivity index (χ2n) is 4.63. The number of rotatable bonds is 4. The summed E-state index contributed by atoms with van der Waals surface area (Å²) < 4.78 is 1.71. The van der Waals surface area contributed by atoms with Gasteiger partial charge in [0.15, 0.2) is 0 Å². The Kier molecular flexibility index (Phi) is 2.61. The molecule has 0 unspecified atom stereocenters. The lowest BCUT2D eigenvalue weighted by Gasteiger charge is -2.37. The van der Waals surface area contributed by atoms with Gasteiger partial charge in [-0.1, -0.05) is 0 Å². The first-order valence-electron chi connectivity index (χ1n) is 5.36. The van der Waals surface area contributed by atoms with Crippen molar-refractivity contribution in [1.82, 2.24) is 9.78 Å². The van der Waals surface area contributed by atoms with Crippen molar-refractivity contribution in [2.45, 2.75) is 37.6 Å². The Hall–Kier alpha value is -1.16. The van der Waals surface area contributed by atoms with Crippen molar-refractivity contribution < 1.29 is 4.79 Å². The Morgan fingerprint density at radius 2 is 2.40 bits per heavy atom. The third-order valence-corrected chi connectivity index (χ3v) is 3.06. The minimum Gasteiger partial charge on any atom is -0.325 e. The Balaban J connectivity index is 1.87. The van der Waals surface area contributed by atoms with Crippen LogP contribution in [0, 0.1) is 0 Å². The van der Waals surface area contributed by atoms with Crippen LogP contribution in [0.2, 0.25) is 0 Å². The second-order valence-corrected chi connectivity index (χ2v) is 4.63. The van der Waals surface area contributed by atoms with Gasteiger partial charge in [0.25, 0.3) is 0 Å². The van der Waals surface area contributed by atoms with E-state index in [1.165, 1.54) is 0 Å². The summed E-state index contributed by atoms with van der Waals surface area (Å²) in [6.07, 6.45) is 7.74. The highest BCUT2D eigenvalue weighted by Gasteiger charge is 2.34. The van der Waals surface area contributed by atoms with Crippen LogP contribution in [-0.2, 0) is 18.3 Å². The molecule has 4 heteroatoms. The molecule has 1 aliphatic rings. The molecule has 0 radical (unpaired) electrons. The number of Topliss-reactive ketones (excluding diaryl/α,β-unsaturated/α-hetero) is 1. The van der Waals surface area contributed by atoms with Gasteiger partial charge in [-0.15, -0.1) is 0 Å². The number of ketones is 1. The van der Waals surface area contributed by atoms with Gasteiger partial charge in [0, 0.05) is 31.6 Å². The summed E-state index contributed by atoms with van der Waals surface area (Å²) in [5.74, 6) is 0.227. The number of nitrogens with two attached hydrogens (primary N) is 1. The fourth-order valence-electron chi connectivity index (χ4n) is 2.05. The first-order valence-corrected chi connectivity index (χ1v) is 5.36. The summed E-state index contributed by atoms with van der Waals surface area (Å²) in [7, 11) is 1.85. The molecule has 2 N–H and O–H groups in total. The van der Waals surface area contributed by atoms with Gasteiger partial charge in [-0.05, 0) is 24.8 Å². The number of aromatic nitrogens is 2. The number of nitrogens with zero attached hydrogens (tertiary/aromatic N) is 2. The third kappa shape index (κ3) is 2.45. The first-order chi connectivity index (χ1) is 7.07. The van der Waals surface area contributed by atoms with E-state index in [1.807, 2.05) is 13.2 Å². The number of hydrogen-bond acceptors (Lipinski definition) is 3. The Bertz CT molecular complexity index is 366. The van der Waals surface area contributed by atoms with Crippen molar-refractivity contribution in [1.29, 1.82) is 0 Å². The largest absolute Gasteiger partial charge is 0.325 e. The molecule has 82 valence electrons. The molecule has 15 heavy (non-hydrogen) atoms. The molecule has 0 bridgehead atoms. The third-order valence-electron chi connectivity index (χ3n) is 3.06. The number of carbonyl (C=O) groups is 1. The van der Waals surface area contributed by atoms with Gasteiger partial charge in [0.2, 0.25) is 0 Å². The van der Waals surface area contributed by atoms with E-state index in [0.717, 1.165) is 24.8 Å². The van der Waals surface area contributed by atoms with Crippen LogP contribution in [-0.4, -0.2) is 21.1 Å². The van der Waals surface area contributed by atoms with Crippen LogP contribution in [0.5, 0.6) is 0 Å². The standard InChI is InChI=1S/C11H17N3O/c1-14-8-9(7-13-14)5-10(15)6-11(12)3-2-4-11/h7-8H,2-6,12H2,1H3. The van der Waals surface area contributed by atoms with Gasteiger partial charge in [-0.3, -0.25) is 9.48 Å². The molecule has 0 atom stereocenters. The van der Waals surface area contributed by atoms with Crippen LogP contribution in [0.3, 0.4) is 0 Å². The lowest BCUT2D eigenvalue weighted by molar-refractivity contribution is -0.120. The topological polar surface area (TPSA) is 60.9 Å². The van der Waals surface area contributed by atoms with Crippen LogP contribution >= 0.6 is 0 Å². The van der Waals surface area contributed by atoms with Gasteiger partial charge in [0.1, 0.15) is 5.78 Å². The summed E-state index contributed by atoms with van der Waals surface area (Å²) in [4.78, 5) is 11.7. The second kappa shape index (κ2) is 3.77. The Morgan fingerprint density at radius 1 is 1.67 bits per heavy atom. The highest BCUT2D eigenvalue weighted by molar-refractivity contribution is 5.82. The Morgan fingerprint density at radius 3 is 2.87 bits per heavy atom. The van der Waals surface area contributed by atoms with Gasteiger partial charge in [-0.2, -0.15) is 5.10 Å². The van der Waals surface area contributed by atoms with Crippen LogP contribution in [0.1, 0.15) is 31.2 Å². The average Bonchev–Trinajstić information content (AvgIpc) is 2.48. The zero-order valence-corrected chi connectivity index (χ0v) is 9.07. The van der Waals surface area contributed by atoms with E-state index in [4.69, 9.17) is 5.73 Å². The van der Waals surface area contributed by atoms with E-state index < -0.39 is 0 Å². The smallest absolute Gasteiger partial charge is 0.139 e. The minimum absolute atomic E-state index is 0.195. The van der Waals surface area contributed by atoms with Crippen molar-refractivity contribution in [2.75, 3.05) is 0 Å². The average molecular weight is 207 g/mol. The molecule has 1 aliphatic carbocycles. The van der Waals surface area contributed by atoms with Crippen LogP contribution in [0.15, 0.2) is 12.4 Å². The molecule has 1 heterocycles. The summed E-state index contributed by atoms with van der Waals surface area (Å²) in [5, 5.41) is 4.03. The zero-order chi connectivity index (χ0) is 10.9. The minimum atomic E-state index is -0.195. The molecular weight excluding hydrogens is 190 g/mol. The van der Waals surface area contributed by atoms with Gasteiger partial charge in [0.05, 0.1) is 6.20 Å². The summed E-state index contributed by atoms with van der Waals surface area (Å²) in [6, 6.07) is 0. The fraction of sp³-hybridized carbons (Fsp3) is 0.636. The predicted molar refractivity (Wildman–Crippen MR) is 57.3 cm³/mol. The summed E-state index contributed by atoms with van der Waals surface area (Å²) in [5.41, 5.74) is 6.80. The van der Waals surface area contributed by atoms with Crippen LogP contribution in [0.4, 0.5) is 0 Å². The molecule has 1 aromatic heterocycles. The maximum atomic E-state index is 11.7. The molecule has 0 spiro atoms. The lowest BCUT2D eigenvalue weighted by Crippen LogP contribution is -2.48. The van der Waals surface area contributed by atoms with Crippen LogP contribution < -0.4 is 5.73 Å². The van der Waals surface area contributed by atoms with E-state index in [-0.39, 0.29) is 11.3 Å². The maximum Gasteiger partial charge on any atom is 0.139 e. The van der Waals surface area contributed by atoms with Crippen molar-refractivity contribution in [3.8, 4) is 0 Å². The highest BCUT2D eigenvalue weighted by atomic mass is 16.1. The maximum absolute atomic E-state index is 11.7. The fourth-order valence-corrected chi connectivity index (χ4v) is 2.05. The molecule has 0 aliphatic heterocycles. The first kappa shape index (κ1) is 10.4. The molecule has 0 amide bonds. The molecule has 0 aromatic carbocycles. The van der Waals surface area contributed by atoms with Crippen molar-refractivity contribution >= 4 is 5.78 Å². The molecular formula is C11H17N3O. The molecule has 1 saturated carbocycles. The zero-order valence-electron chi connectivity index (χ0n) is 9.07. The molecule has 2 rings (SSSR count). The number of aryl methyl sites for hydroxylation is 1. The predicted octanol–water partition coefficient (Wildman–Crippen LogP) is 0.803. The van der Waals surface area contributed by atoms with Gasteiger partial charge >= 0.3 is 0 Å². The molecule has 0 saturated heterocycles. The van der Waals surface area contributed by atoms with Crippen LogP contribution in [0.25, 0.3) is 0 Å². The number of carbonyl (C=O) groups excluding carboxylic acids is 1. The van der Waals surface area contributed by atoms with Gasteiger partial charge < -0.3 is 5.73 Å². The molecule has 4 nitrogen and oxygen atoms in total. The normalized spacial score (nSPS) is 18.5. The SMILES string of the molecule is Cn1cc(CC(=O)CC2(N)CCC2)cn1.